The topological polar surface area (TPSA) is 44.8 Å². The van der Waals surface area contributed by atoms with Crippen molar-refractivity contribution in [2.75, 3.05) is 7.11 Å². The van der Waals surface area contributed by atoms with E-state index in [1.165, 1.54) is 6.42 Å². The second-order valence-electron chi connectivity index (χ2n) is 9.93. The first kappa shape index (κ1) is 21.4. The van der Waals surface area contributed by atoms with Gasteiger partial charge in [-0.3, -0.25) is 4.79 Å². The molecule has 0 radical (unpaired) electrons. The molecule has 4 aliphatic rings. The average molecular weight is 419 g/mol. The van der Waals surface area contributed by atoms with E-state index in [4.69, 9.17) is 25.6 Å². The quantitative estimate of drug-likeness (QED) is 0.379. The predicted molar refractivity (Wildman–Crippen MR) is 115 cm³/mol. The Hall–Kier alpha value is -0.875. The monoisotopic (exact) mass is 418 g/mol. The molecule has 0 N–H and O–H groups in total. The standard InChI is InChI=1S/C23H32BClO4/c1-13-15(7-8-16(12-27-6)21(13)14(2)26)9-20(25)24-28-19-11-17-10-18(22(17,3)4)23(19,5)29-24/h7-8,17-20H,9-12H2,1-6H3/t17?,18?,19?,20-,23+/m1/s1. The number of carbonyl (C=O) groups excluding carboxylic acids is 1. The first-order valence-corrected chi connectivity index (χ1v) is 11.1. The van der Waals surface area contributed by atoms with Gasteiger partial charge in [-0.05, 0) is 74.0 Å². The van der Waals surface area contributed by atoms with Crippen molar-refractivity contribution in [3.05, 3.63) is 34.4 Å². The maximum absolute atomic E-state index is 12.2. The van der Waals surface area contributed by atoms with Gasteiger partial charge in [-0.1, -0.05) is 26.0 Å². The molecule has 4 nitrogen and oxygen atoms in total. The normalized spacial score (nSPS) is 33.2. The molecular formula is C23H32BClO4. The summed E-state index contributed by atoms with van der Waals surface area (Å²) in [5.41, 5.74) is 3.76. The molecule has 3 unspecified atom stereocenters. The molecule has 0 spiro atoms. The van der Waals surface area contributed by atoms with Gasteiger partial charge in [0.1, 0.15) is 0 Å². The van der Waals surface area contributed by atoms with E-state index in [1.54, 1.807) is 14.0 Å². The van der Waals surface area contributed by atoms with Crippen LogP contribution >= 0.6 is 11.6 Å². The van der Waals surface area contributed by atoms with Crippen LogP contribution in [0.4, 0.5) is 0 Å². The second-order valence-corrected chi connectivity index (χ2v) is 10.5. The van der Waals surface area contributed by atoms with Crippen LogP contribution in [-0.4, -0.2) is 37.0 Å². The third-order valence-corrected chi connectivity index (χ3v) is 8.35. The Labute approximate surface area is 179 Å². The van der Waals surface area contributed by atoms with Crippen molar-refractivity contribution in [2.45, 2.75) is 77.5 Å². The average Bonchev–Trinajstić information content (AvgIpc) is 3.01. The van der Waals surface area contributed by atoms with E-state index in [1.807, 2.05) is 13.0 Å². The molecule has 5 rings (SSSR count). The molecule has 3 aliphatic carbocycles. The van der Waals surface area contributed by atoms with Gasteiger partial charge in [0.25, 0.3) is 0 Å². The molecule has 1 heterocycles. The summed E-state index contributed by atoms with van der Waals surface area (Å²) in [6, 6.07) is 4.02. The highest BCUT2D eigenvalue weighted by Gasteiger charge is 2.68. The van der Waals surface area contributed by atoms with Gasteiger partial charge in [-0.15, -0.1) is 11.6 Å². The molecule has 1 aromatic rings. The molecule has 1 aromatic carbocycles. The molecule has 4 fully saturated rings. The molecular weight excluding hydrogens is 387 g/mol. The molecule has 1 saturated heterocycles. The molecule has 158 valence electrons. The van der Waals surface area contributed by atoms with E-state index in [9.17, 15) is 4.79 Å². The molecule has 1 aliphatic heterocycles. The Morgan fingerprint density at radius 1 is 1.31 bits per heavy atom. The van der Waals surface area contributed by atoms with Crippen molar-refractivity contribution in [2.24, 2.45) is 17.3 Å². The molecule has 5 atom stereocenters. The lowest BCUT2D eigenvalue weighted by atomic mass is 9.43. The molecule has 6 heteroatoms. The van der Waals surface area contributed by atoms with Gasteiger partial charge in [0, 0.05) is 12.7 Å². The fourth-order valence-electron chi connectivity index (χ4n) is 6.16. The third kappa shape index (κ3) is 3.29. The van der Waals surface area contributed by atoms with Gasteiger partial charge in [0.15, 0.2) is 5.78 Å². The summed E-state index contributed by atoms with van der Waals surface area (Å²) < 4.78 is 18.1. The number of hydrogen-bond acceptors (Lipinski definition) is 4. The molecule has 3 saturated carbocycles. The van der Waals surface area contributed by atoms with Gasteiger partial charge in [-0.25, -0.2) is 0 Å². The summed E-state index contributed by atoms with van der Waals surface area (Å²) in [6.07, 6.45) is 3.01. The van der Waals surface area contributed by atoms with Crippen molar-refractivity contribution in [1.29, 1.82) is 0 Å². The Bertz CT molecular complexity index is 825. The van der Waals surface area contributed by atoms with Crippen molar-refractivity contribution in [3.8, 4) is 0 Å². The largest absolute Gasteiger partial charge is 0.477 e. The van der Waals surface area contributed by atoms with Gasteiger partial charge >= 0.3 is 7.12 Å². The van der Waals surface area contributed by atoms with E-state index in [0.717, 1.165) is 34.6 Å². The van der Waals surface area contributed by atoms with Crippen LogP contribution in [0.1, 0.15) is 67.6 Å². The first-order valence-electron chi connectivity index (χ1n) is 10.7. The smallest absolute Gasteiger partial charge is 0.404 e. The van der Waals surface area contributed by atoms with Crippen molar-refractivity contribution < 1.29 is 18.8 Å². The Balaban J connectivity index is 1.52. The van der Waals surface area contributed by atoms with Crippen LogP contribution in [0.25, 0.3) is 0 Å². The number of alkyl halides is 1. The summed E-state index contributed by atoms with van der Waals surface area (Å²) in [7, 11) is 1.23. The van der Waals surface area contributed by atoms with Crippen LogP contribution in [0.2, 0.25) is 0 Å². The molecule has 0 amide bonds. The highest BCUT2D eigenvalue weighted by Crippen LogP contribution is 2.65. The summed E-state index contributed by atoms with van der Waals surface area (Å²) in [5, 5.41) is -0.301. The van der Waals surface area contributed by atoms with Crippen molar-refractivity contribution in [3.63, 3.8) is 0 Å². The van der Waals surface area contributed by atoms with Gasteiger partial charge in [0.2, 0.25) is 0 Å². The van der Waals surface area contributed by atoms with E-state index in [-0.39, 0.29) is 22.8 Å². The zero-order valence-electron chi connectivity index (χ0n) is 18.4. The SMILES string of the molecule is COCc1ccc(C[C@@H](Cl)B2OC3CC4CC(C4(C)C)[C@]3(C)O2)c(C)c1C(C)=O. The summed E-state index contributed by atoms with van der Waals surface area (Å²) >= 11 is 6.83. The Morgan fingerprint density at radius 3 is 2.62 bits per heavy atom. The number of hydrogen-bond donors (Lipinski definition) is 0. The maximum atomic E-state index is 12.2. The molecule has 0 aromatic heterocycles. The van der Waals surface area contributed by atoms with Crippen LogP contribution in [0.15, 0.2) is 12.1 Å². The highest BCUT2D eigenvalue weighted by molar-refractivity contribution is 6.60. The van der Waals surface area contributed by atoms with Crippen LogP contribution < -0.4 is 0 Å². The van der Waals surface area contributed by atoms with Crippen molar-refractivity contribution in [1.82, 2.24) is 0 Å². The molecule has 2 bridgehead atoms. The fraction of sp³-hybridized carbons (Fsp3) is 0.696. The van der Waals surface area contributed by atoms with E-state index < -0.39 is 7.12 Å². The zero-order chi connectivity index (χ0) is 21.1. The lowest BCUT2D eigenvalue weighted by molar-refractivity contribution is -0.199. The van der Waals surface area contributed by atoms with E-state index in [0.29, 0.717) is 24.4 Å². The van der Waals surface area contributed by atoms with Crippen LogP contribution in [-0.2, 0) is 27.1 Å². The predicted octanol–water partition coefficient (Wildman–Crippen LogP) is 4.76. The number of ether oxygens (including phenoxy) is 1. The minimum absolute atomic E-state index is 0.0522. The third-order valence-electron chi connectivity index (χ3n) is 7.99. The van der Waals surface area contributed by atoms with Crippen LogP contribution in [0, 0.1) is 24.2 Å². The zero-order valence-corrected chi connectivity index (χ0v) is 19.1. The summed E-state index contributed by atoms with van der Waals surface area (Å²) in [6.45, 7) is 10.9. The highest BCUT2D eigenvalue weighted by atomic mass is 35.5. The van der Waals surface area contributed by atoms with Gasteiger partial charge in [-0.2, -0.15) is 0 Å². The first-order chi connectivity index (χ1) is 13.6. The number of methoxy groups -OCH3 is 1. The minimum atomic E-state index is -0.416. The molecule has 29 heavy (non-hydrogen) atoms. The number of Topliss-reactive ketones (excluding diaryl/α,β-unsaturated/α-hetero) is 1. The van der Waals surface area contributed by atoms with Crippen LogP contribution in [0.3, 0.4) is 0 Å². The number of rotatable bonds is 6. The number of ketones is 1. The minimum Gasteiger partial charge on any atom is -0.404 e. The lowest BCUT2D eigenvalue weighted by Gasteiger charge is -2.64. The lowest BCUT2D eigenvalue weighted by Crippen LogP contribution is -2.65. The van der Waals surface area contributed by atoms with Gasteiger partial charge in [0.05, 0.1) is 23.6 Å². The van der Waals surface area contributed by atoms with Gasteiger partial charge < -0.3 is 14.0 Å². The van der Waals surface area contributed by atoms with Crippen molar-refractivity contribution >= 4 is 24.5 Å². The number of halogens is 1. The van der Waals surface area contributed by atoms with E-state index in [2.05, 4.69) is 26.8 Å². The summed E-state index contributed by atoms with van der Waals surface area (Å²) in [4.78, 5) is 12.2. The number of benzene rings is 1. The second kappa shape index (κ2) is 7.37. The number of carbonyl (C=O) groups is 1. The Morgan fingerprint density at radius 2 is 2.00 bits per heavy atom. The summed E-state index contributed by atoms with van der Waals surface area (Å²) in [5.74, 6) is 1.29. The fourth-order valence-corrected chi connectivity index (χ4v) is 6.43. The van der Waals surface area contributed by atoms with E-state index >= 15 is 0 Å². The maximum Gasteiger partial charge on any atom is 0.477 e. The van der Waals surface area contributed by atoms with Crippen LogP contribution in [0.5, 0.6) is 0 Å². The Kier molecular flexibility index (Phi) is 5.43.